The van der Waals surface area contributed by atoms with Crippen LogP contribution in [0.4, 0.5) is 11.6 Å². The maximum Gasteiger partial charge on any atom is 0.274 e. The second-order valence-electron chi connectivity index (χ2n) is 8.58. The zero-order valence-corrected chi connectivity index (χ0v) is 20.5. The fourth-order valence-corrected chi connectivity index (χ4v) is 3.86. The van der Waals surface area contributed by atoms with Crippen LogP contribution >= 0.6 is 0 Å². The first-order valence-electron chi connectivity index (χ1n) is 11.3. The predicted molar refractivity (Wildman–Crippen MR) is 136 cm³/mol. The molecule has 0 bridgehead atoms. The highest BCUT2D eigenvalue weighted by Crippen LogP contribution is 2.40. The molecule has 2 N–H and O–H groups in total. The van der Waals surface area contributed by atoms with Gasteiger partial charge in [-0.05, 0) is 57.0 Å². The van der Waals surface area contributed by atoms with Gasteiger partial charge in [-0.2, -0.15) is 4.98 Å². The van der Waals surface area contributed by atoms with Gasteiger partial charge < -0.3 is 24.5 Å². The van der Waals surface area contributed by atoms with Crippen LogP contribution in [0.25, 0.3) is 11.2 Å². The Morgan fingerprint density at radius 1 is 1.34 bits per heavy atom. The first-order chi connectivity index (χ1) is 16.7. The van der Waals surface area contributed by atoms with Gasteiger partial charge in [0.05, 0.1) is 11.7 Å². The molecule has 0 spiro atoms. The van der Waals surface area contributed by atoms with E-state index in [2.05, 4.69) is 32.3 Å². The molecule has 1 amide bonds. The van der Waals surface area contributed by atoms with Crippen molar-refractivity contribution in [3.8, 4) is 5.75 Å². The number of carbonyl (C=O) groups is 1. The summed E-state index contributed by atoms with van der Waals surface area (Å²) in [5, 5.41) is 5.79. The smallest absolute Gasteiger partial charge is 0.274 e. The number of anilines is 2. The average Bonchev–Trinajstić information content (AvgIpc) is 3.62. The van der Waals surface area contributed by atoms with Crippen molar-refractivity contribution in [3.63, 3.8) is 0 Å². The van der Waals surface area contributed by atoms with Gasteiger partial charge in [0.1, 0.15) is 17.3 Å². The number of rotatable bonds is 8. The van der Waals surface area contributed by atoms with Crippen LogP contribution in [0.3, 0.4) is 0 Å². The third-order valence-electron chi connectivity index (χ3n) is 5.87. The van der Waals surface area contributed by atoms with Gasteiger partial charge in [0.2, 0.25) is 11.9 Å². The number of fused-ring (bicyclic) bond motifs is 1. The zero-order chi connectivity index (χ0) is 25.3. The van der Waals surface area contributed by atoms with E-state index >= 15 is 0 Å². The third-order valence-corrected chi connectivity index (χ3v) is 5.87. The molecular weight excluding hydrogens is 446 g/mol. The molecule has 1 fully saturated rings. The van der Waals surface area contributed by atoms with Crippen molar-refractivity contribution in [2.45, 2.75) is 39.5 Å². The van der Waals surface area contributed by atoms with Crippen molar-refractivity contribution >= 4 is 35.4 Å². The summed E-state index contributed by atoms with van der Waals surface area (Å²) in [6.07, 6.45) is 9.12. The highest BCUT2D eigenvalue weighted by Gasteiger charge is 2.25. The second-order valence-corrected chi connectivity index (χ2v) is 8.58. The van der Waals surface area contributed by atoms with Crippen LogP contribution < -0.4 is 20.9 Å². The van der Waals surface area contributed by atoms with E-state index in [1.807, 2.05) is 37.7 Å². The van der Waals surface area contributed by atoms with E-state index in [0.717, 1.165) is 29.5 Å². The first-order valence-corrected chi connectivity index (χ1v) is 11.3. The van der Waals surface area contributed by atoms with Crippen LogP contribution in [0.2, 0.25) is 0 Å². The molecule has 3 aromatic rings. The minimum atomic E-state index is -0.259. The lowest BCUT2D eigenvalue weighted by Crippen LogP contribution is -2.20. The van der Waals surface area contributed by atoms with Crippen LogP contribution in [0, 0.1) is 6.92 Å². The number of carbonyl (C=O) groups excluding carboxylic acids is 1. The van der Waals surface area contributed by atoms with E-state index in [0.29, 0.717) is 34.7 Å². The number of hydrogen-bond donors (Lipinski definition) is 2. The largest absolute Gasteiger partial charge is 0.456 e. The molecule has 0 atom stereocenters. The minimum Gasteiger partial charge on any atom is -0.456 e. The fourth-order valence-electron chi connectivity index (χ4n) is 3.86. The number of nitrogens with zero attached hydrogens (tertiary/aromatic N) is 5. The van der Waals surface area contributed by atoms with Gasteiger partial charge in [-0.15, -0.1) is 0 Å². The van der Waals surface area contributed by atoms with Gasteiger partial charge in [0.15, 0.2) is 11.4 Å². The number of hydrogen-bond acceptors (Lipinski definition) is 7. The number of aryl methyl sites for hydroxylation is 3. The van der Waals surface area contributed by atoms with E-state index in [9.17, 15) is 9.59 Å². The molecule has 0 radical (unpaired) electrons. The molecule has 0 aliphatic heterocycles. The summed E-state index contributed by atoms with van der Waals surface area (Å²) in [5.74, 6) is 2.03. The average molecular weight is 476 g/mol. The number of nitrogens with one attached hydrogen (secondary N) is 2. The summed E-state index contributed by atoms with van der Waals surface area (Å²) >= 11 is 0. The first kappa shape index (κ1) is 23.9. The zero-order valence-electron chi connectivity index (χ0n) is 20.5. The quantitative estimate of drug-likeness (QED) is 0.292. The molecule has 0 saturated heterocycles. The lowest BCUT2D eigenvalue weighted by Gasteiger charge is -2.12. The topological polar surface area (TPSA) is 115 Å². The van der Waals surface area contributed by atoms with E-state index in [4.69, 9.17) is 4.74 Å². The molecular formula is C25H29N7O3. The Balaban J connectivity index is 1.66. The normalized spacial score (nSPS) is 14.2. The number of pyridine rings is 2. The summed E-state index contributed by atoms with van der Waals surface area (Å²) in [6.45, 7) is 8.59. The standard InChI is InChI=1S/C25H29N7O3/c1-7-18(11-21(26-4)28-15(3)33)35-20-12-27-23-22(14(20)2)32(6)25(30-23)29-19-10-17(16-8-9-16)13-31(5)24(19)34/h7,10-13,16H,4,8-9H2,1-3,5-6H3,(H,28,33)(H,27,29,30)/b18-7+,21-11+. The van der Waals surface area contributed by atoms with Gasteiger partial charge in [-0.3, -0.25) is 9.59 Å². The molecule has 1 saturated carbocycles. The molecule has 0 unspecified atom stereocenters. The van der Waals surface area contributed by atoms with Crippen molar-refractivity contribution < 1.29 is 9.53 Å². The Morgan fingerprint density at radius 2 is 2.09 bits per heavy atom. The van der Waals surface area contributed by atoms with Gasteiger partial charge in [-0.1, -0.05) is 0 Å². The molecule has 10 heteroatoms. The summed E-state index contributed by atoms with van der Waals surface area (Å²) in [6, 6.07) is 1.92. The number of imidazole rings is 1. The highest BCUT2D eigenvalue weighted by atomic mass is 16.5. The van der Waals surface area contributed by atoms with Gasteiger partial charge >= 0.3 is 0 Å². The predicted octanol–water partition coefficient (Wildman–Crippen LogP) is 3.56. The number of aliphatic imine (C=N–C) groups is 1. The van der Waals surface area contributed by atoms with E-state index in [-0.39, 0.29) is 17.3 Å². The summed E-state index contributed by atoms with van der Waals surface area (Å²) in [7, 11) is 3.62. The molecule has 35 heavy (non-hydrogen) atoms. The van der Waals surface area contributed by atoms with Gasteiger partial charge in [0.25, 0.3) is 5.56 Å². The maximum atomic E-state index is 12.7. The molecule has 10 nitrogen and oxygen atoms in total. The second kappa shape index (κ2) is 9.57. The third kappa shape index (κ3) is 5.01. The Morgan fingerprint density at radius 3 is 2.71 bits per heavy atom. The Labute approximate surface area is 203 Å². The summed E-state index contributed by atoms with van der Waals surface area (Å²) in [5.41, 5.74) is 3.62. The summed E-state index contributed by atoms with van der Waals surface area (Å²) in [4.78, 5) is 37.0. The molecule has 182 valence electrons. The lowest BCUT2D eigenvalue weighted by atomic mass is 10.2. The Bertz CT molecular complexity index is 1440. The van der Waals surface area contributed by atoms with E-state index < -0.39 is 0 Å². The lowest BCUT2D eigenvalue weighted by molar-refractivity contribution is -0.118. The van der Waals surface area contributed by atoms with E-state index in [1.165, 1.54) is 6.92 Å². The van der Waals surface area contributed by atoms with Crippen molar-refractivity contribution in [3.05, 3.63) is 63.7 Å². The van der Waals surface area contributed by atoms with Crippen molar-refractivity contribution in [1.82, 2.24) is 24.4 Å². The Hall–Kier alpha value is -4.21. The monoisotopic (exact) mass is 475 g/mol. The molecule has 4 rings (SSSR count). The number of amides is 1. The highest BCUT2D eigenvalue weighted by molar-refractivity contribution is 5.81. The van der Waals surface area contributed by atoms with Gasteiger partial charge in [-0.25, -0.2) is 9.98 Å². The number of ether oxygens (including phenoxy) is 1. The van der Waals surface area contributed by atoms with Crippen molar-refractivity contribution in [2.24, 2.45) is 19.1 Å². The van der Waals surface area contributed by atoms with Crippen LogP contribution in [0.1, 0.15) is 43.7 Å². The van der Waals surface area contributed by atoms with Crippen LogP contribution in [-0.2, 0) is 18.9 Å². The Kier molecular flexibility index (Phi) is 6.54. The van der Waals surface area contributed by atoms with Crippen molar-refractivity contribution in [1.29, 1.82) is 0 Å². The molecule has 1 aliphatic carbocycles. The fraction of sp³-hybridized carbons (Fsp3) is 0.320. The van der Waals surface area contributed by atoms with Crippen LogP contribution in [-0.4, -0.2) is 31.7 Å². The minimum absolute atomic E-state index is 0.120. The molecule has 3 aromatic heterocycles. The van der Waals surface area contributed by atoms with Crippen LogP contribution in [0.5, 0.6) is 5.75 Å². The number of aromatic nitrogens is 4. The maximum absolute atomic E-state index is 12.7. The number of allylic oxidation sites excluding steroid dienone is 2. The van der Waals surface area contributed by atoms with E-state index in [1.54, 1.807) is 30.0 Å². The van der Waals surface area contributed by atoms with Gasteiger partial charge in [0, 0.05) is 38.9 Å². The molecule has 3 heterocycles. The summed E-state index contributed by atoms with van der Waals surface area (Å²) < 4.78 is 9.51. The van der Waals surface area contributed by atoms with Crippen molar-refractivity contribution in [2.75, 3.05) is 5.32 Å². The molecule has 0 aromatic carbocycles. The van der Waals surface area contributed by atoms with Crippen LogP contribution in [0.15, 0.2) is 52.0 Å². The molecule has 1 aliphatic rings. The SMILES string of the molecule is C=N/C(=C\C(=C/C)Oc1cnc2nc(Nc3cc(C4CC4)cn(C)c3=O)n(C)c2c1C)NC(C)=O.